The minimum atomic E-state index is -4.72. The Labute approximate surface area is 261 Å². The first-order valence-electron chi connectivity index (χ1n) is 14.9. The van der Waals surface area contributed by atoms with Gasteiger partial charge in [0.1, 0.15) is 17.6 Å². The van der Waals surface area contributed by atoms with E-state index in [-0.39, 0.29) is 11.7 Å². The van der Waals surface area contributed by atoms with E-state index >= 15 is 0 Å². The fourth-order valence-corrected chi connectivity index (χ4v) is 5.19. The lowest BCUT2D eigenvalue weighted by Crippen LogP contribution is -2.16. The molecule has 228 valence electrons. The van der Waals surface area contributed by atoms with Gasteiger partial charge in [0.25, 0.3) is 0 Å². The summed E-state index contributed by atoms with van der Waals surface area (Å²) < 4.78 is 57.7. The van der Waals surface area contributed by atoms with Gasteiger partial charge in [-0.2, -0.15) is 0 Å². The Balaban J connectivity index is 1.05. The Hall–Kier alpha value is -4.69. The number of hydrogen-bond donors (Lipinski definition) is 0. The second kappa shape index (κ2) is 13.5. The van der Waals surface area contributed by atoms with Gasteiger partial charge in [-0.05, 0) is 108 Å². The number of hydrogen-bond acceptors (Lipinski definition) is 4. The van der Waals surface area contributed by atoms with Crippen LogP contribution >= 0.6 is 0 Å². The van der Waals surface area contributed by atoms with Crippen molar-refractivity contribution < 1.29 is 32.1 Å². The van der Waals surface area contributed by atoms with Crippen LogP contribution in [0.15, 0.2) is 84.9 Å². The second-order valence-electron chi connectivity index (χ2n) is 11.0. The van der Waals surface area contributed by atoms with Crippen LogP contribution in [0.2, 0.25) is 0 Å². The van der Waals surface area contributed by atoms with Crippen LogP contribution in [0.25, 0.3) is 11.1 Å². The zero-order chi connectivity index (χ0) is 31.2. The minimum Gasteiger partial charge on any atom is -0.494 e. The second-order valence-corrected chi connectivity index (χ2v) is 11.0. The highest BCUT2D eigenvalue weighted by Gasteiger charge is 2.31. The molecule has 7 heteroatoms. The molecule has 0 N–H and O–H groups in total. The van der Waals surface area contributed by atoms with Crippen molar-refractivity contribution in [3.63, 3.8) is 0 Å². The predicted octanol–water partition coefficient (Wildman–Crippen LogP) is 8.09. The molecule has 4 aromatic rings. The summed E-state index contributed by atoms with van der Waals surface area (Å²) in [6.07, 6.45) is -2.52. The molecule has 1 fully saturated rings. The van der Waals surface area contributed by atoms with Gasteiger partial charge in [0.15, 0.2) is 0 Å². The monoisotopic (exact) mass is 608 g/mol. The molecule has 1 aliphatic carbocycles. The summed E-state index contributed by atoms with van der Waals surface area (Å²) in [6.45, 7) is 5.07. The van der Waals surface area contributed by atoms with E-state index in [1.54, 1.807) is 0 Å². The minimum absolute atomic E-state index is 0.174. The van der Waals surface area contributed by atoms with E-state index in [1.165, 1.54) is 46.5 Å². The van der Waals surface area contributed by atoms with Crippen LogP contribution in [0.3, 0.4) is 0 Å². The molecule has 2 unspecified atom stereocenters. The Morgan fingerprint density at radius 3 is 1.71 bits per heavy atom. The van der Waals surface area contributed by atoms with Gasteiger partial charge in [-0.3, -0.25) is 0 Å². The number of rotatable bonds is 9. The quantitative estimate of drug-likeness (QED) is 0.109. The summed E-state index contributed by atoms with van der Waals surface area (Å²) in [5.41, 5.74) is 8.07. The summed E-state index contributed by atoms with van der Waals surface area (Å²) in [6, 6.07) is 25.8. The van der Waals surface area contributed by atoms with Crippen molar-refractivity contribution >= 4 is 0 Å². The van der Waals surface area contributed by atoms with Crippen molar-refractivity contribution in [2.24, 2.45) is 0 Å². The fraction of sp³-hybridized carbons (Fsp3) is 0.263. The Morgan fingerprint density at radius 1 is 0.689 bits per heavy atom. The van der Waals surface area contributed by atoms with Crippen molar-refractivity contribution in [1.82, 2.24) is 0 Å². The predicted molar refractivity (Wildman–Crippen MR) is 166 cm³/mol. The number of alkyl halides is 3. The lowest BCUT2D eigenvalue weighted by molar-refractivity contribution is -0.274. The average molecular weight is 609 g/mol. The van der Waals surface area contributed by atoms with Gasteiger partial charge in [0.05, 0.1) is 19.8 Å². The Morgan fingerprint density at radius 2 is 1.18 bits per heavy atom. The molecule has 2 aliphatic rings. The summed E-state index contributed by atoms with van der Waals surface area (Å²) in [5.74, 6) is 13.5. The summed E-state index contributed by atoms with van der Waals surface area (Å²) in [7, 11) is 0. The topological polar surface area (TPSA) is 40.2 Å². The molecule has 0 spiro atoms. The maximum atomic E-state index is 12.4. The normalized spacial score (nSPS) is 16.0. The lowest BCUT2D eigenvalue weighted by atomic mass is 9.97. The molecular weight excluding hydrogens is 577 g/mol. The molecule has 0 radical (unpaired) electrons. The third kappa shape index (κ3) is 8.28. The van der Waals surface area contributed by atoms with Crippen molar-refractivity contribution in [3.05, 3.63) is 118 Å². The number of benzene rings is 4. The fourth-order valence-electron chi connectivity index (χ4n) is 5.19. The largest absolute Gasteiger partial charge is 0.573 e. The average Bonchev–Trinajstić information content (AvgIpc) is 3.82. The highest BCUT2D eigenvalue weighted by molar-refractivity contribution is 5.80. The molecule has 1 saturated heterocycles. The van der Waals surface area contributed by atoms with Gasteiger partial charge < -0.3 is 18.9 Å². The van der Waals surface area contributed by atoms with Crippen molar-refractivity contribution in [2.75, 3.05) is 26.4 Å². The van der Waals surface area contributed by atoms with Crippen LogP contribution < -0.4 is 9.47 Å². The van der Waals surface area contributed by atoms with E-state index < -0.39 is 6.36 Å². The Bertz CT molecular complexity index is 1770. The zero-order valence-corrected chi connectivity index (χ0v) is 24.7. The third-order valence-corrected chi connectivity index (χ3v) is 7.63. The van der Waals surface area contributed by atoms with Gasteiger partial charge >= 0.3 is 6.36 Å². The molecule has 6 rings (SSSR count). The molecule has 4 aromatic carbocycles. The van der Waals surface area contributed by atoms with Crippen LogP contribution in [0.4, 0.5) is 13.2 Å². The molecule has 45 heavy (non-hydrogen) atoms. The number of halogens is 3. The first-order valence-corrected chi connectivity index (χ1v) is 14.9. The van der Waals surface area contributed by atoms with Gasteiger partial charge in [0.2, 0.25) is 0 Å². The molecule has 4 nitrogen and oxygen atoms in total. The molecule has 0 bridgehead atoms. The van der Waals surface area contributed by atoms with Crippen LogP contribution in [0.5, 0.6) is 11.5 Å². The van der Waals surface area contributed by atoms with E-state index in [2.05, 4.69) is 59.6 Å². The molecule has 1 aliphatic heterocycles. The molecular formula is C38H31F3O4. The molecule has 1 heterocycles. The van der Waals surface area contributed by atoms with Crippen LogP contribution in [0.1, 0.15) is 59.1 Å². The van der Waals surface area contributed by atoms with Gasteiger partial charge in [-0.15, -0.1) is 13.2 Å². The maximum Gasteiger partial charge on any atom is 0.573 e. The summed E-state index contributed by atoms with van der Waals surface area (Å²) >= 11 is 0. The Kier molecular flexibility index (Phi) is 9.12. The molecule has 2 atom stereocenters. The summed E-state index contributed by atoms with van der Waals surface area (Å²) in [4.78, 5) is 0. The highest BCUT2D eigenvalue weighted by atomic mass is 19.4. The molecule has 0 aromatic heterocycles. The zero-order valence-electron chi connectivity index (χ0n) is 24.7. The SMILES string of the molecule is CC1c2cc(C#Cc3ccc(OCCCCOCC4CO4)cc3)ccc2-c2ccc(C#Cc3ccc(OC(F)(F)F)cc3)cc21. The number of epoxide rings is 1. The van der Waals surface area contributed by atoms with Crippen LogP contribution in [-0.4, -0.2) is 38.9 Å². The lowest BCUT2D eigenvalue weighted by Gasteiger charge is -2.08. The van der Waals surface area contributed by atoms with E-state index in [0.29, 0.717) is 24.9 Å². The van der Waals surface area contributed by atoms with E-state index in [9.17, 15) is 13.2 Å². The van der Waals surface area contributed by atoms with Crippen LogP contribution in [-0.2, 0) is 9.47 Å². The van der Waals surface area contributed by atoms with Gasteiger partial charge in [-0.25, -0.2) is 0 Å². The molecule has 0 amide bonds. The molecule has 0 saturated carbocycles. The highest BCUT2D eigenvalue weighted by Crippen LogP contribution is 2.45. The van der Waals surface area contributed by atoms with Crippen molar-refractivity contribution in [1.29, 1.82) is 0 Å². The smallest absolute Gasteiger partial charge is 0.494 e. The van der Waals surface area contributed by atoms with Gasteiger partial charge in [0, 0.05) is 34.8 Å². The van der Waals surface area contributed by atoms with Gasteiger partial charge in [-0.1, -0.05) is 42.7 Å². The summed E-state index contributed by atoms with van der Waals surface area (Å²) in [5, 5.41) is 0. The number of ether oxygens (including phenoxy) is 4. The van der Waals surface area contributed by atoms with E-state index in [0.717, 1.165) is 48.5 Å². The maximum absolute atomic E-state index is 12.4. The van der Waals surface area contributed by atoms with Crippen molar-refractivity contribution in [3.8, 4) is 46.3 Å². The van der Waals surface area contributed by atoms with E-state index in [1.807, 2.05) is 36.4 Å². The van der Waals surface area contributed by atoms with Crippen LogP contribution in [0, 0.1) is 23.7 Å². The van der Waals surface area contributed by atoms with Crippen molar-refractivity contribution in [2.45, 2.75) is 38.1 Å². The number of fused-ring (bicyclic) bond motifs is 3. The first kappa shape index (κ1) is 30.3. The number of unbranched alkanes of at least 4 members (excludes halogenated alkanes) is 1. The first-order chi connectivity index (χ1) is 21.8. The van der Waals surface area contributed by atoms with E-state index in [4.69, 9.17) is 14.2 Å². The standard InChI is InChI=1S/C38H31F3O4/c1-26-36-22-29(6-4-27-8-14-31(15-9-27)43-21-3-2-20-42-24-33-25-44-33)12-18-34(36)35-19-13-30(23-37(26)35)7-5-28-10-16-32(17-11-28)45-38(39,40)41/h8-19,22-23,26,33H,2-3,20-21,24-25H2,1H3. The third-order valence-electron chi connectivity index (χ3n) is 7.63.